The number of hydrogen-bond donors (Lipinski definition) is 0. The fourth-order valence-electron chi connectivity index (χ4n) is 8.05. The van der Waals surface area contributed by atoms with E-state index in [0.717, 1.165) is 19.2 Å². The van der Waals surface area contributed by atoms with Gasteiger partial charge in [0, 0.05) is 64.6 Å². The third-order valence-electron chi connectivity index (χ3n) is 9.61. The second-order valence-corrected chi connectivity index (χ2v) is 82.9. The summed E-state index contributed by atoms with van der Waals surface area (Å²) >= 11 is 0. The Bertz CT molecular complexity index is 601. The van der Waals surface area contributed by atoms with E-state index in [1.165, 1.54) is 0 Å². The maximum absolute atomic E-state index is 5.45. The predicted molar refractivity (Wildman–Crippen MR) is 243 cm³/mol. The third-order valence-corrected chi connectivity index (χ3v) is 86.5. The van der Waals surface area contributed by atoms with E-state index in [1.54, 1.807) is 0 Å². The minimum atomic E-state index is -1.01. The maximum atomic E-state index is 5.45. The molecule has 0 atom stereocenters. The molecule has 17 heteroatoms. The quantitative estimate of drug-likeness (QED) is 0.213. The second kappa shape index (κ2) is 21.6. The molecule has 0 saturated heterocycles. The first kappa shape index (κ1) is 58.3. The van der Waals surface area contributed by atoms with Crippen LogP contribution in [0.2, 0.25) is 176 Å². The summed E-state index contributed by atoms with van der Waals surface area (Å²) in [5.74, 6) is 0. The van der Waals surface area contributed by atoms with Gasteiger partial charge in [-0.2, -0.15) is 0 Å². The van der Waals surface area contributed by atoms with Crippen molar-refractivity contribution in [2.24, 2.45) is 0 Å². The number of halogens is 2. The minimum Gasteiger partial charge on any atom is -1.00 e. The van der Waals surface area contributed by atoms with Crippen molar-refractivity contribution in [2.45, 2.75) is 176 Å². The van der Waals surface area contributed by atoms with Crippen molar-refractivity contribution in [1.82, 2.24) is 0 Å². The molecule has 0 N–H and O–H groups in total. The standard InChI is InChI=1S/2C14H42NSi6.2ClH.Zr/c2*1-18(2,3)13(19(4,5)6)16-15-17-14(20(7,8)9)21(10,11)12;;;/h2*13-14H,16-17H2,1-12H3;2*1H;/q2*-1;;;+4/p-2. The number of hydrogen-bond acceptors (Lipinski definition) is 0. The van der Waals surface area contributed by atoms with Gasteiger partial charge in [0.15, 0.2) is 0 Å². The first-order valence-electron chi connectivity index (χ1n) is 17.2. The number of rotatable bonds is 16. The van der Waals surface area contributed by atoms with E-state index in [9.17, 15) is 0 Å². The van der Waals surface area contributed by atoms with E-state index < -0.39 is 64.6 Å². The Morgan fingerprint density at radius 1 is 0.267 bits per heavy atom. The third kappa shape index (κ3) is 24.8. The summed E-state index contributed by atoms with van der Waals surface area (Å²) < 4.78 is 10.9. The topological polar surface area (TPSA) is 28.2 Å². The molecule has 0 amide bonds. The van der Waals surface area contributed by atoms with E-state index in [-0.39, 0.29) is 89.7 Å². The van der Waals surface area contributed by atoms with Crippen molar-refractivity contribution in [3.05, 3.63) is 9.30 Å². The molecule has 45 heavy (non-hydrogen) atoms. The van der Waals surface area contributed by atoms with Gasteiger partial charge in [-0.3, -0.25) is 0 Å². The summed E-state index contributed by atoms with van der Waals surface area (Å²) in [5, 5.41) is 0. The fourth-order valence-corrected chi connectivity index (χ4v) is 81.8. The Morgan fingerprint density at radius 2 is 0.356 bits per heavy atom. The van der Waals surface area contributed by atoms with Crippen molar-refractivity contribution in [3.8, 4) is 0 Å². The van der Waals surface area contributed by atoms with E-state index >= 15 is 0 Å². The summed E-state index contributed by atoms with van der Waals surface area (Å²) in [6, 6.07) is 0. The van der Waals surface area contributed by atoms with Crippen molar-refractivity contribution >= 4 is 103 Å². The molecule has 0 fully saturated rings. The molecule has 0 bridgehead atoms. The van der Waals surface area contributed by atoms with Crippen molar-refractivity contribution < 1.29 is 51.0 Å². The molecule has 0 aromatic heterocycles. The van der Waals surface area contributed by atoms with Gasteiger partial charge < -0.3 is 34.1 Å². The van der Waals surface area contributed by atoms with Crippen molar-refractivity contribution in [1.29, 1.82) is 0 Å². The summed E-state index contributed by atoms with van der Waals surface area (Å²) in [4.78, 5) is 4.39. The van der Waals surface area contributed by atoms with Gasteiger partial charge in [-0.05, 0) is 0 Å². The molecule has 0 aliphatic carbocycles. The predicted octanol–water partition coefficient (Wildman–Crippen LogP) is 3.23. The summed E-state index contributed by atoms with van der Waals surface area (Å²) in [5.41, 5.74) is 0. The monoisotopic (exact) mass is 944 g/mol. The van der Waals surface area contributed by atoms with Crippen molar-refractivity contribution in [2.75, 3.05) is 0 Å². The first-order valence-corrected chi connectivity index (χ1v) is 51.6. The van der Waals surface area contributed by atoms with Crippen molar-refractivity contribution in [3.63, 3.8) is 0 Å². The van der Waals surface area contributed by atoms with E-state index in [2.05, 4.69) is 157 Å². The molecule has 0 heterocycles. The van der Waals surface area contributed by atoms with Gasteiger partial charge in [0.05, 0.1) is 0 Å². The molecule has 272 valence electrons. The molecular weight excluding hydrogens is 863 g/mol. The molecule has 0 aromatic rings. The Morgan fingerprint density at radius 3 is 0.422 bits per heavy atom. The largest absolute Gasteiger partial charge is 4.00 e. The zero-order valence-corrected chi connectivity index (χ0v) is 52.9. The fraction of sp³-hybridized carbons (Fsp3) is 1.00. The zero-order valence-electron chi connectivity index (χ0n) is 35.3. The van der Waals surface area contributed by atoms with Gasteiger partial charge >= 0.3 is 26.2 Å². The average molecular weight is 948 g/mol. The van der Waals surface area contributed by atoms with Gasteiger partial charge in [0.1, 0.15) is 0 Å². The summed E-state index contributed by atoms with van der Waals surface area (Å²) in [6.45, 7) is 62.2. The number of nitrogens with zero attached hydrogens (tertiary/aromatic N) is 2. The Balaban J connectivity index is -0.000000222. The van der Waals surface area contributed by atoms with Crippen LogP contribution in [0.25, 0.3) is 9.30 Å². The first-order chi connectivity index (χ1) is 17.9. The molecule has 0 spiro atoms. The van der Waals surface area contributed by atoms with E-state index in [4.69, 9.17) is 9.30 Å². The van der Waals surface area contributed by atoms with Crippen LogP contribution < -0.4 is 24.8 Å². The van der Waals surface area contributed by atoms with Crippen LogP contribution in [0.4, 0.5) is 0 Å². The summed E-state index contributed by atoms with van der Waals surface area (Å²) in [6.07, 6.45) is 0. The van der Waals surface area contributed by atoms with Crippen LogP contribution in [-0.4, -0.2) is 103 Å². The minimum absolute atomic E-state index is 0. The molecule has 0 radical (unpaired) electrons. The van der Waals surface area contributed by atoms with E-state index in [1.807, 2.05) is 0 Å². The van der Waals surface area contributed by atoms with Crippen LogP contribution in [0.1, 0.15) is 0 Å². The van der Waals surface area contributed by atoms with Crippen LogP contribution in [0.15, 0.2) is 0 Å². The molecule has 0 aliphatic rings. The van der Waals surface area contributed by atoms with E-state index in [0.29, 0.717) is 0 Å². The van der Waals surface area contributed by atoms with Gasteiger partial charge in [-0.25, -0.2) is 0 Å². The molecule has 0 aliphatic heterocycles. The van der Waals surface area contributed by atoms with Crippen LogP contribution in [0.5, 0.6) is 0 Å². The Labute approximate surface area is 336 Å². The van der Waals surface area contributed by atoms with Crippen LogP contribution >= 0.6 is 0 Å². The van der Waals surface area contributed by atoms with Crippen LogP contribution in [0, 0.1) is 0 Å². The molecule has 0 unspecified atom stereocenters. The van der Waals surface area contributed by atoms with Gasteiger partial charge in [0.25, 0.3) is 0 Å². The SMILES string of the molecule is C[Si](C)(C)C([SiH2][N-][SiH2]C([Si](C)(C)C)[Si](C)(C)C)[Si](C)(C)C.C[Si](C)(C)C([SiH2][N-][SiH2]C([Si](C)(C)C)[Si](C)(C)C)[Si](C)(C)C.[Cl-].[Cl-].[Zr+4]. The summed E-state index contributed by atoms with van der Waals surface area (Å²) in [7, 11) is -8.84. The molecule has 0 aromatic carbocycles. The van der Waals surface area contributed by atoms with Gasteiger partial charge in [0.2, 0.25) is 0 Å². The smallest absolute Gasteiger partial charge is 1.00 e. The second-order valence-electron chi connectivity index (χ2n) is 22.3. The van der Waals surface area contributed by atoms with Gasteiger partial charge in [-0.15, -0.1) is 0 Å². The molecule has 2 nitrogen and oxygen atoms in total. The molecular formula is C28H84Cl2N2Si12Zr. The molecule has 0 rings (SSSR count). The van der Waals surface area contributed by atoms with Gasteiger partial charge in [-0.1, -0.05) is 215 Å². The van der Waals surface area contributed by atoms with Crippen LogP contribution in [0.3, 0.4) is 0 Å². The maximum Gasteiger partial charge on any atom is 4.00 e. The van der Waals surface area contributed by atoms with Crippen LogP contribution in [-0.2, 0) is 26.2 Å². The molecule has 0 saturated carbocycles. The Hall–Kier alpha value is 3.99. The Kier molecular flexibility index (Phi) is 28.0. The zero-order chi connectivity index (χ0) is 34.6. The average Bonchev–Trinajstić information content (AvgIpc) is 2.59. The normalized spacial score (nSPS) is 15.2.